The highest BCUT2D eigenvalue weighted by Gasteiger charge is 2.49. The minimum atomic E-state index is -0.690. The number of fused-ring (bicyclic) bond motifs is 1. The van der Waals surface area contributed by atoms with Gasteiger partial charge in [-0.15, -0.1) is 11.6 Å². The molecule has 2 fully saturated rings. The topological polar surface area (TPSA) is 89.9 Å². The number of halogens is 1. The Bertz CT molecular complexity index is 789. The zero-order chi connectivity index (χ0) is 23.8. The normalized spacial score (nSPS) is 37.9. The molecule has 2 aliphatic carbocycles. The van der Waals surface area contributed by atoms with Crippen LogP contribution in [-0.2, 0) is 23.9 Å². The van der Waals surface area contributed by atoms with Crippen molar-refractivity contribution >= 4 is 29.3 Å². The molecular formula is C25H37ClO6. The molecule has 6 nitrogen and oxygen atoms in total. The summed E-state index contributed by atoms with van der Waals surface area (Å²) in [4.78, 5) is 37.7. The summed E-state index contributed by atoms with van der Waals surface area (Å²) in [6.07, 6.45) is 3.64. The molecule has 0 unspecified atom stereocenters. The van der Waals surface area contributed by atoms with Gasteiger partial charge in [0.05, 0.1) is 23.3 Å². The molecule has 7 atom stereocenters. The molecule has 3 aliphatic rings. The van der Waals surface area contributed by atoms with Crippen LogP contribution in [-0.4, -0.2) is 46.5 Å². The number of ketones is 1. The Balaban J connectivity index is 1.78. The number of aliphatic hydroxyl groups is 1. The van der Waals surface area contributed by atoms with E-state index >= 15 is 0 Å². The van der Waals surface area contributed by atoms with Crippen molar-refractivity contribution in [2.24, 2.45) is 22.7 Å². The Morgan fingerprint density at radius 2 is 2.03 bits per heavy atom. The van der Waals surface area contributed by atoms with Gasteiger partial charge in [0.15, 0.2) is 5.78 Å². The van der Waals surface area contributed by atoms with Crippen LogP contribution in [0.15, 0.2) is 11.6 Å². The maximum Gasteiger partial charge on any atom is 0.311 e. The van der Waals surface area contributed by atoms with Gasteiger partial charge in [-0.1, -0.05) is 20.8 Å². The van der Waals surface area contributed by atoms with Gasteiger partial charge in [-0.3, -0.25) is 14.4 Å². The van der Waals surface area contributed by atoms with Gasteiger partial charge in [0.2, 0.25) is 0 Å². The summed E-state index contributed by atoms with van der Waals surface area (Å²) < 4.78 is 11.4. The average Bonchev–Trinajstić information content (AvgIpc) is 2.71. The predicted octanol–water partition coefficient (Wildman–Crippen LogP) is 4.35. The molecule has 0 spiro atoms. The van der Waals surface area contributed by atoms with Crippen molar-refractivity contribution in [3.05, 3.63) is 11.6 Å². The van der Waals surface area contributed by atoms with Crippen LogP contribution in [0.25, 0.3) is 0 Å². The summed E-state index contributed by atoms with van der Waals surface area (Å²) in [6, 6.07) is 0. The first-order chi connectivity index (χ1) is 14.9. The third-order valence-electron chi connectivity index (χ3n) is 7.81. The molecule has 3 rings (SSSR count). The van der Waals surface area contributed by atoms with Gasteiger partial charge in [0.1, 0.15) is 12.2 Å². The number of hydrogen-bond donors (Lipinski definition) is 1. The number of allylic oxidation sites excluding steroid dienone is 1. The van der Waals surface area contributed by atoms with Crippen molar-refractivity contribution in [2.45, 2.75) is 103 Å². The van der Waals surface area contributed by atoms with Crippen molar-refractivity contribution in [1.82, 2.24) is 0 Å². The van der Waals surface area contributed by atoms with E-state index in [2.05, 4.69) is 0 Å². The first-order valence-electron chi connectivity index (χ1n) is 11.8. The van der Waals surface area contributed by atoms with E-state index in [1.807, 2.05) is 34.6 Å². The molecule has 0 aromatic heterocycles. The van der Waals surface area contributed by atoms with Crippen molar-refractivity contribution in [3.63, 3.8) is 0 Å². The van der Waals surface area contributed by atoms with E-state index in [1.54, 1.807) is 6.08 Å². The van der Waals surface area contributed by atoms with Crippen LogP contribution in [0.3, 0.4) is 0 Å². The van der Waals surface area contributed by atoms with E-state index in [4.69, 9.17) is 21.1 Å². The van der Waals surface area contributed by atoms with Gasteiger partial charge < -0.3 is 14.6 Å². The molecule has 7 heteroatoms. The Hall–Kier alpha value is -1.40. The SMILES string of the molecule is CCC(C)(C)C(=O)O[C@H]1C[C@@H](C)[C@H](Cl)C2=CC(=O)[C@@](C)(CC[C@@H]3C[C@@H](O)CC(=O)O3)C[C@@H]21. The lowest BCUT2D eigenvalue weighted by molar-refractivity contribution is -0.165. The lowest BCUT2D eigenvalue weighted by Gasteiger charge is -2.46. The standard InChI is InChI=1S/C25H37ClO6/c1-6-24(3,4)23(30)32-19-9-14(2)22(26)17-12-20(28)25(5,13-18(17)19)8-7-16-10-15(27)11-21(29)31-16/h12,14-16,18-19,22,27H,6-11,13H2,1-5H3/t14-,15-,16-,18+,19+,22+,25+/m1/s1. The molecular weight excluding hydrogens is 432 g/mol. The summed E-state index contributed by atoms with van der Waals surface area (Å²) in [5.74, 6) is -0.598. The zero-order valence-corrected chi connectivity index (χ0v) is 20.6. The molecule has 1 saturated heterocycles. The molecule has 1 aliphatic heterocycles. The van der Waals surface area contributed by atoms with E-state index < -0.39 is 22.9 Å². The molecule has 0 bridgehead atoms. The highest BCUT2D eigenvalue weighted by atomic mass is 35.5. The highest BCUT2D eigenvalue weighted by molar-refractivity contribution is 6.23. The fourth-order valence-corrected chi connectivity index (χ4v) is 5.39. The Kier molecular flexibility index (Phi) is 7.45. The Morgan fingerprint density at radius 1 is 1.34 bits per heavy atom. The maximum absolute atomic E-state index is 13.2. The largest absolute Gasteiger partial charge is 0.462 e. The monoisotopic (exact) mass is 468 g/mol. The van der Waals surface area contributed by atoms with Gasteiger partial charge >= 0.3 is 11.9 Å². The number of cyclic esters (lactones) is 1. The van der Waals surface area contributed by atoms with Crippen molar-refractivity contribution in [1.29, 1.82) is 0 Å². The molecule has 0 radical (unpaired) electrons. The summed E-state index contributed by atoms with van der Waals surface area (Å²) in [5.41, 5.74) is -0.352. The fraction of sp³-hybridized carbons (Fsp3) is 0.800. The number of carbonyl (C=O) groups excluding carboxylic acids is 3. The molecule has 180 valence electrons. The fourth-order valence-electron chi connectivity index (χ4n) is 5.06. The Morgan fingerprint density at radius 3 is 2.66 bits per heavy atom. The first-order valence-corrected chi connectivity index (χ1v) is 12.3. The number of ether oxygens (including phenoxy) is 2. The van der Waals surface area contributed by atoms with Crippen LogP contribution >= 0.6 is 11.6 Å². The first kappa shape index (κ1) is 25.2. The minimum absolute atomic E-state index is 0.0187. The van der Waals surface area contributed by atoms with Crippen LogP contribution in [0.4, 0.5) is 0 Å². The van der Waals surface area contributed by atoms with Crippen molar-refractivity contribution in [2.75, 3.05) is 0 Å². The van der Waals surface area contributed by atoms with Crippen LogP contribution in [0, 0.1) is 22.7 Å². The summed E-state index contributed by atoms with van der Waals surface area (Å²) in [5, 5.41) is 9.62. The second kappa shape index (κ2) is 9.46. The Labute approximate surface area is 196 Å². The average molecular weight is 469 g/mol. The van der Waals surface area contributed by atoms with E-state index in [-0.39, 0.29) is 47.6 Å². The van der Waals surface area contributed by atoms with Crippen LogP contribution < -0.4 is 0 Å². The molecule has 32 heavy (non-hydrogen) atoms. The van der Waals surface area contributed by atoms with E-state index in [1.165, 1.54) is 0 Å². The quantitative estimate of drug-likeness (QED) is 0.460. The number of alkyl halides is 1. The summed E-state index contributed by atoms with van der Waals surface area (Å²) >= 11 is 6.70. The smallest absolute Gasteiger partial charge is 0.311 e. The summed E-state index contributed by atoms with van der Waals surface area (Å²) in [6.45, 7) is 9.70. The van der Waals surface area contributed by atoms with Crippen LogP contribution in [0.5, 0.6) is 0 Å². The van der Waals surface area contributed by atoms with E-state index in [0.717, 1.165) is 5.57 Å². The molecule has 0 amide bonds. The van der Waals surface area contributed by atoms with Gasteiger partial charge in [0, 0.05) is 17.8 Å². The van der Waals surface area contributed by atoms with Gasteiger partial charge in [0.25, 0.3) is 0 Å². The highest BCUT2D eigenvalue weighted by Crippen LogP contribution is 2.49. The molecule has 0 aromatic rings. The van der Waals surface area contributed by atoms with Crippen LogP contribution in [0.1, 0.15) is 79.6 Å². The summed E-state index contributed by atoms with van der Waals surface area (Å²) in [7, 11) is 0. The number of carbonyl (C=O) groups is 3. The number of rotatable bonds is 6. The lowest BCUT2D eigenvalue weighted by atomic mass is 9.62. The van der Waals surface area contributed by atoms with Crippen molar-refractivity contribution < 1.29 is 29.0 Å². The lowest BCUT2D eigenvalue weighted by Crippen LogP contribution is -2.48. The van der Waals surface area contributed by atoms with Gasteiger partial charge in [-0.2, -0.15) is 0 Å². The maximum atomic E-state index is 13.2. The van der Waals surface area contributed by atoms with Gasteiger partial charge in [-0.05, 0) is 63.5 Å². The second-order valence-corrected chi connectivity index (χ2v) is 11.4. The van der Waals surface area contributed by atoms with Crippen LogP contribution in [0.2, 0.25) is 0 Å². The third-order valence-corrected chi connectivity index (χ3v) is 8.49. The molecule has 0 aromatic carbocycles. The molecule has 1 heterocycles. The number of hydrogen-bond acceptors (Lipinski definition) is 6. The number of esters is 2. The predicted molar refractivity (Wildman–Crippen MR) is 121 cm³/mol. The number of aliphatic hydroxyl groups excluding tert-OH is 1. The van der Waals surface area contributed by atoms with Gasteiger partial charge in [-0.25, -0.2) is 0 Å². The third kappa shape index (κ3) is 5.22. The van der Waals surface area contributed by atoms with E-state index in [9.17, 15) is 19.5 Å². The second-order valence-electron chi connectivity index (χ2n) is 10.9. The zero-order valence-electron chi connectivity index (χ0n) is 19.9. The molecule has 1 N–H and O–H groups in total. The molecule has 1 saturated carbocycles. The van der Waals surface area contributed by atoms with E-state index in [0.29, 0.717) is 38.5 Å². The van der Waals surface area contributed by atoms with Crippen molar-refractivity contribution in [3.8, 4) is 0 Å². The minimum Gasteiger partial charge on any atom is -0.462 e.